The molecule has 1 N–H and O–H groups in total. The van der Waals surface area contributed by atoms with Gasteiger partial charge in [0.05, 0.1) is 18.4 Å². The molecular weight excluding hydrogens is 310 g/mol. The van der Waals surface area contributed by atoms with Crippen molar-refractivity contribution in [3.63, 3.8) is 0 Å². The Morgan fingerprint density at radius 1 is 1.29 bits per heavy atom. The van der Waals surface area contributed by atoms with Crippen LogP contribution in [0, 0.1) is 0 Å². The number of hydrogen-bond donors (Lipinski definition) is 1. The van der Waals surface area contributed by atoms with E-state index < -0.39 is 5.97 Å². The molecule has 1 aliphatic rings. The van der Waals surface area contributed by atoms with Gasteiger partial charge in [-0.05, 0) is 37.1 Å². The average Bonchev–Trinajstić information content (AvgIpc) is 3.41. The van der Waals surface area contributed by atoms with Crippen LogP contribution in [-0.4, -0.2) is 28.8 Å². The Labute approximate surface area is 138 Å². The molecule has 0 saturated heterocycles. The molecule has 7 heteroatoms. The predicted octanol–water partition coefficient (Wildman–Crippen LogP) is 1.55. The molecule has 1 aliphatic carbocycles. The molecule has 1 aromatic heterocycles. The van der Waals surface area contributed by atoms with Gasteiger partial charge in [0.1, 0.15) is 6.54 Å². The van der Waals surface area contributed by atoms with Crippen LogP contribution < -0.4 is 10.9 Å². The van der Waals surface area contributed by atoms with E-state index >= 15 is 0 Å². The van der Waals surface area contributed by atoms with Crippen LogP contribution in [0.4, 0.5) is 5.69 Å². The summed E-state index contributed by atoms with van der Waals surface area (Å²) in [5.41, 5.74) is 1.31. The number of rotatable bonds is 5. The van der Waals surface area contributed by atoms with E-state index in [2.05, 4.69) is 15.2 Å². The number of carbonyl (C=O) groups is 2. The Morgan fingerprint density at radius 3 is 2.79 bits per heavy atom. The fraction of sp³-hybridized carbons (Fsp3) is 0.294. The smallest absolute Gasteiger partial charge is 0.337 e. The van der Waals surface area contributed by atoms with Crippen LogP contribution in [0.15, 0.2) is 41.2 Å². The predicted molar refractivity (Wildman–Crippen MR) is 86.9 cm³/mol. The normalized spacial score (nSPS) is 13.4. The molecule has 0 unspecified atom stereocenters. The Balaban J connectivity index is 1.71. The second-order valence-electron chi connectivity index (χ2n) is 5.65. The van der Waals surface area contributed by atoms with Crippen LogP contribution >= 0.6 is 0 Å². The Morgan fingerprint density at radius 2 is 2.08 bits per heavy atom. The molecule has 2 aromatic rings. The Hall–Kier alpha value is -2.96. The molecule has 3 rings (SSSR count). The molecule has 1 fully saturated rings. The first-order chi connectivity index (χ1) is 11.6. The maximum absolute atomic E-state index is 12.2. The fourth-order valence-electron chi connectivity index (χ4n) is 2.35. The lowest BCUT2D eigenvalue weighted by atomic mass is 10.2. The van der Waals surface area contributed by atoms with Crippen molar-refractivity contribution in [2.24, 2.45) is 0 Å². The molecule has 124 valence electrons. The monoisotopic (exact) mass is 327 g/mol. The topological polar surface area (TPSA) is 90.3 Å². The summed E-state index contributed by atoms with van der Waals surface area (Å²) in [6.07, 6.45) is 2.13. The van der Waals surface area contributed by atoms with Gasteiger partial charge in [-0.25, -0.2) is 9.48 Å². The minimum atomic E-state index is -0.485. The summed E-state index contributed by atoms with van der Waals surface area (Å²) in [4.78, 5) is 35.5. The van der Waals surface area contributed by atoms with Gasteiger partial charge in [0.15, 0.2) is 0 Å². The van der Waals surface area contributed by atoms with E-state index in [0.717, 1.165) is 23.2 Å². The lowest BCUT2D eigenvalue weighted by Gasteiger charge is -2.08. The number of benzene rings is 1. The average molecular weight is 327 g/mol. The Bertz CT molecular complexity index is 840. The van der Waals surface area contributed by atoms with Gasteiger partial charge >= 0.3 is 5.97 Å². The number of hydrogen-bond acceptors (Lipinski definition) is 5. The number of nitrogens with zero attached hydrogens (tertiary/aromatic N) is 2. The third-order valence-corrected chi connectivity index (χ3v) is 3.74. The fourth-order valence-corrected chi connectivity index (χ4v) is 2.35. The minimum Gasteiger partial charge on any atom is -0.465 e. The second-order valence-corrected chi connectivity index (χ2v) is 5.65. The third-order valence-electron chi connectivity index (χ3n) is 3.74. The second kappa shape index (κ2) is 6.66. The first kappa shape index (κ1) is 15.9. The Kier molecular flexibility index (Phi) is 4.41. The number of amides is 1. The van der Waals surface area contributed by atoms with Crippen molar-refractivity contribution in [3.8, 4) is 0 Å². The quantitative estimate of drug-likeness (QED) is 0.841. The lowest BCUT2D eigenvalue weighted by Crippen LogP contribution is -2.29. The van der Waals surface area contributed by atoms with Crippen LogP contribution in [0.25, 0.3) is 0 Å². The number of esters is 1. The molecule has 1 aromatic carbocycles. The standard InChI is InChI=1S/C17H17N3O4/c1-24-17(23)12-3-2-4-13(9-12)18-15(21)10-20-16(22)8-7-14(19-20)11-5-6-11/h2-4,7-9,11H,5-6,10H2,1H3,(H,18,21). The highest BCUT2D eigenvalue weighted by Gasteiger charge is 2.25. The zero-order valence-electron chi connectivity index (χ0n) is 13.2. The van der Waals surface area contributed by atoms with E-state index in [1.807, 2.05) is 0 Å². The molecule has 0 bridgehead atoms. The summed E-state index contributed by atoms with van der Waals surface area (Å²) in [7, 11) is 1.29. The van der Waals surface area contributed by atoms with Gasteiger partial charge in [-0.3, -0.25) is 9.59 Å². The summed E-state index contributed by atoms with van der Waals surface area (Å²) in [6, 6.07) is 9.55. The van der Waals surface area contributed by atoms with Crippen LogP contribution in [0.2, 0.25) is 0 Å². The number of methoxy groups -OCH3 is 1. The summed E-state index contributed by atoms with van der Waals surface area (Å²) < 4.78 is 5.80. The maximum Gasteiger partial charge on any atom is 0.337 e. The number of aromatic nitrogens is 2. The van der Waals surface area contributed by atoms with Crippen LogP contribution in [0.5, 0.6) is 0 Å². The molecule has 1 heterocycles. The van der Waals surface area contributed by atoms with Crippen LogP contribution in [-0.2, 0) is 16.1 Å². The summed E-state index contributed by atoms with van der Waals surface area (Å²) in [5, 5.41) is 6.90. The zero-order valence-corrected chi connectivity index (χ0v) is 13.2. The molecule has 0 radical (unpaired) electrons. The highest BCUT2D eigenvalue weighted by molar-refractivity contribution is 5.94. The summed E-state index contributed by atoms with van der Waals surface area (Å²) in [5.74, 6) is -0.475. The highest BCUT2D eigenvalue weighted by atomic mass is 16.5. The zero-order chi connectivity index (χ0) is 17.1. The van der Waals surface area contributed by atoms with Crippen molar-refractivity contribution in [3.05, 3.63) is 58.0 Å². The number of carbonyl (C=O) groups excluding carboxylic acids is 2. The number of anilines is 1. The van der Waals surface area contributed by atoms with Crippen LogP contribution in [0.3, 0.4) is 0 Å². The summed E-state index contributed by atoms with van der Waals surface area (Å²) >= 11 is 0. The van der Waals surface area contributed by atoms with E-state index in [4.69, 9.17) is 0 Å². The molecule has 0 aliphatic heterocycles. The van der Waals surface area contributed by atoms with Crippen molar-refractivity contribution >= 4 is 17.6 Å². The van der Waals surface area contributed by atoms with Gasteiger partial charge in [-0.15, -0.1) is 0 Å². The largest absolute Gasteiger partial charge is 0.465 e. The van der Waals surface area contributed by atoms with E-state index in [9.17, 15) is 14.4 Å². The molecule has 0 spiro atoms. The molecule has 24 heavy (non-hydrogen) atoms. The van der Waals surface area contributed by atoms with Gasteiger partial charge < -0.3 is 10.1 Å². The molecule has 1 saturated carbocycles. The van der Waals surface area contributed by atoms with E-state index in [0.29, 0.717) is 17.2 Å². The van der Waals surface area contributed by atoms with Gasteiger partial charge in [-0.1, -0.05) is 6.07 Å². The van der Waals surface area contributed by atoms with Crippen LogP contribution in [0.1, 0.15) is 34.8 Å². The molecule has 1 amide bonds. The SMILES string of the molecule is COC(=O)c1cccc(NC(=O)Cn2nc(C3CC3)ccc2=O)c1. The third kappa shape index (κ3) is 3.68. The van der Waals surface area contributed by atoms with Crippen molar-refractivity contribution in [1.29, 1.82) is 0 Å². The van der Waals surface area contributed by atoms with E-state index in [1.54, 1.807) is 24.3 Å². The van der Waals surface area contributed by atoms with Crippen molar-refractivity contribution in [2.75, 3.05) is 12.4 Å². The van der Waals surface area contributed by atoms with Gasteiger partial charge in [0.2, 0.25) is 5.91 Å². The minimum absolute atomic E-state index is 0.179. The van der Waals surface area contributed by atoms with Gasteiger partial charge in [-0.2, -0.15) is 5.10 Å². The molecular formula is C17H17N3O4. The molecule has 0 atom stereocenters. The van der Waals surface area contributed by atoms with Gasteiger partial charge in [0.25, 0.3) is 5.56 Å². The number of ether oxygens (including phenoxy) is 1. The lowest BCUT2D eigenvalue weighted by molar-refractivity contribution is -0.117. The first-order valence-corrected chi connectivity index (χ1v) is 7.63. The first-order valence-electron chi connectivity index (χ1n) is 7.63. The van der Waals surface area contributed by atoms with Crippen molar-refractivity contribution in [1.82, 2.24) is 9.78 Å². The van der Waals surface area contributed by atoms with E-state index in [-0.39, 0.29) is 18.0 Å². The molecule has 7 nitrogen and oxygen atoms in total. The summed E-state index contributed by atoms with van der Waals surface area (Å²) in [6.45, 7) is -0.179. The van der Waals surface area contributed by atoms with E-state index in [1.165, 1.54) is 19.2 Å². The van der Waals surface area contributed by atoms with Gasteiger partial charge in [0, 0.05) is 17.7 Å². The maximum atomic E-state index is 12.2. The highest BCUT2D eigenvalue weighted by Crippen LogP contribution is 2.38. The van der Waals surface area contributed by atoms with Crippen molar-refractivity contribution < 1.29 is 14.3 Å². The number of nitrogens with one attached hydrogen (secondary N) is 1. The van der Waals surface area contributed by atoms with Crippen molar-refractivity contribution in [2.45, 2.75) is 25.3 Å².